The van der Waals surface area contributed by atoms with Crippen LogP contribution in [-0.2, 0) is 23.2 Å². The molecule has 5 nitrogen and oxygen atoms in total. The number of rotatable bonds is 6. The first-order chi connectivity index (χ1) is 9.46. The smallest absolute Gasteiger partial charge is 0.159 e. The number of alkyl halides is 1. The Hall–Kier alpha value is -1.07. The number of aromatic nitrogens is 4. The van der Waals surface area contributed by atoms with Crippen LogP contribution in [0.5, 0.6) is 0 Å². The maximum atomic E-state index is 5.94. The van der Waals surface area contributed by atoms with Gasteiger partial charge in [0.05, 0.1) is 17.8 Å². The van der Waals surface area contributed by atoms with E-state index < -0.39 is 0 Å². The second kappa shape index (κ2) is 5.74. The Labute approximate surface area is 124 Å². The van der Waals surface area contributed by atoms with Crippen LogP contribution in [0.2, 0.25) is 0 Å². The van der Waals surface area contributed by atoms with Crippen LogP contribution in [0.3, 0.4) is 0 Å². The van der Waals surface area contributed by atoms with Crippen molar-refractivity contribution in [1.82, 2.24) is 19.3 Å². The minimum Gasteiger partial charge on any atom is -0.382 e. The topological polar surface area (TPSA) is 44.9 Å². The van der Waals surface area contributed by atoms with Crippen molar-refractivity contribution in [3.8, 4) is 0 Å². The quantitative estimate of drug-likeness (QED) is 0.770. The Morgan fingerprint density at radius 2 is 2.05 bits per heavy atom. The van der Waals surface area contributed by atoms with Crippen molar-refractivity contribution in [2.24, 2.45) is 0 Å². The number of halogens is 1. The highest BCUT2D eigenvalue weighted by Gasteiger charge is 2.29. The van der Waals surface area contributed by atoms with Gasteiger partial charge in [-0.25, -0.2) is 9.67 Å². The Kier molecular flexibility index (Phi) is 4.39. The summed E-state index contributed by atoms with van der Waals surface area (Å²) in [7, 11) is 1.72. The van der Waals surface area contributed by atoms with Crippen LogP contribution in [0.25, 0.3) is 11.2 Å². The molecule has 0 aliphatic carbocycles. The third kappa shape index (κ3) is 2.44. The minimum atomic E-state index is -0.190. The molecular formula is C14H23ClN4O. The van der Waals surface area contributed by atoms with Crippen molar-refractivity contribution >= 4 is 22.8 Å². The van der Waals surface area contributed by atoms with E-state index in [2.05, 4.69) is 30.4 Å². The largest absolute Gasteiger partial charge is 0.382 e. The zero-order chi connectivity index (χ0) is 14.9. The van der Waals surface area contributed by atoms with Gasteiger partial charge >= 0.3 is 0 Å². The second-order valence-electron chi connectivity index (χ2n) is 5.62. The summed E-state index contributed by atoms with van der Waals surface area (Å²) < 4.78 is 9.62. The van der Waals surface area contributed by atoms with Gasteiger partial charge in [0.25, 0.3) is 0 Å². The number of ether oxygens (including phenoxy) is 1. The predicted octanol–water partition coefficient (Wildman–Crippen LogP) is 2.72. The Bertz CT molecular complexity index is 600. The van der Waals surface area contributed by atoms with Crippen molar-refractivity contribution in [2.75, 3.05) is 19.6 Å². The fourth-order valence-corrected chi connectivity index (χ4v) is 2.91. The highest BCUT2D eigenvalue weighted by atomic mass is 35.5. The van der Waals surface area contributed by atoms with E-state index in [0.29, 0.717) is 12.5 Å². The summed E-state index contributed by atoms with van der Waals surface area (Å²) in [5.41, 5.74) is 2.80. The van der Waals surface area contributed by atoms with Gasteiger partial charge in [-0.05, 0) is 27.7 Å². The monoisotopic (exact) mass is 298 g/mol. The molecule has 2 aromatic heterocycles. The van der Waals surface area contributed by atoms with Crippen LogP contribution in [0.15, 0.2) is 0 Å². The summed E-state index contributed by atoms with van der Waals surface area (Å²) in [6.45, 7) is 9.82. The minimum absolute atomic E-state index is 0.190. The van der Waals surface area contributed by atoms with Gasteiger partial charge < -0.3 is 9.30 Å². The molecule has 6 heteroatoms. The van der Waals surface area contributed by atoms with E-state index in [4.69, 9.17) is 21.3 Å². The molecule has 0 aliphatic rings. The lowest BCUT2D eigenvalue weighted by Crippen LogP contribution is -2.34. The van der Waals surface area contributed by atoms with Gasteiger partial charge in [-0.3, -0.25) is 0 Å². The molecule has 0 aromatic carbocycles. The average molecular weight is 299 g/mol. The van der Waals surface area contributed by atoms with Crippen molar-refractivity contribution in [3.63, 3.8) is 0 Å². The molecule has 0 aliphatic heterocycles. The molecule has 2 heterocycles. The fourth-order valence-electron chi connectivity index (χ4n) is 2.74. The van der Waals surface area contributed by atoms with Crippen LogP contribution in [0.4, 0.5) is 0 Å². The van der Waals surface area contributed by atoms with E-state index in [1.807, 2.05) is 11.6 Å². The Balaban J connectivity index is 2.72. The maximum Gasteiger partial charge on any atom is 0.159 e. The first-order valence-corrected chi connectivity index (χ1v) is 7.49. The van der Waals surface area contributed by atoms with Gasteiger partial charge in [0.15, 0.2) is 5.65 Å². The van der Waals surface area contributed by atoms with Gasteiger partial charge in [0.1, 0.15) is 11.3 Å². The number of aryl methyl sites for hydroxylation is 3. The highest BCUT2D eigenvalue weighted by Crippen LogP contribution is 2.28. The lowest BCUT2D eigenvalue weighted by atomic mass is 10.1. The molecule has 2 aromatic rings. The summed E-state index contributed by atoms with van der Waals surface area (Å²) in [6.07, 6.45) is 0.743. The number of hydrogen-bond acceptors (Lipinski definition) is 3. The van der Waals surface area contributed by atoms with E-state index in [0.717, 1.165) is 35.6 Å². The van der Waals surface area contributed by atoms with Crippen LogP contribution >= 0.6 is 11.6 Å². The number of fused-ring (bicyclic) bond motifs is 1. The lowest BCUT2D eigenvalue weighted by molar-refractivity contribution is 0.109. The predicted molar refractivity (Wildman–Crippen MR) is 81.6 cm³/mol. The summed E-state index contributed by atoms with van der Waals surface area (Å²) in [6, 6.07) is 0. The lowest BCUT2D eigenvalue weighted by Gasteiger charge is -2.28. The maximum absolute atomic E-state index is 5.94. The molecule has 0 saturated carbocycles. The van der Waals surface area contributed by atoms with Crippen molar-refractivity contribution in [1.29, 1.82) is 0 Å². The van der Waals surface area contributed by atoms with Gasteiger partial charge in [0.2, 0.25) is 0 Å². The zero-order valence-electron chi connectivity index (χ0n) is 12.9. The summed E-state index contributed by atoms with van der Waals surface area (Å²) >= 11 is 5.94. The molecule has 0 spiro atoms. The van der Waals surface area contributed by atoms with Crippen LogP contribution in [-0.4, -0.2) is 38.9 Å². The van der Waals surface area contributed by atoms with E-state index in [1.165, 1.54) is 0 Å². The van der Waals surface area contributed by atoms with Crippen LogP contribution < -0.4 is 0 Å². The molecule has 0 atom stereocenters. The first-order valence-electron chi connectivity index (χ1n) is 6.96. The van der Waals surface area contributed by atoms with Gasteiger partial charge in [-0.2, -0.15) is 5.10 Å². The standard InChI is InChI=1S/C14H23ClN4O/c1-6-18-13-12(10(2)17-18)16-11(7-8-15)19(13)14(3,4)9-20-5/h6-9H2,1-5H3. The molecular weight excluding hydrogens is 276 g/mol. The number of hydrogen-bond donors (Lipinski definition) is 0. The van der Waals surface area contributed by atoms with Gasteiger partial charge in [0, 0.05) is 26.0 Å². The van der Waals surface area contributed by atoms with Crippen LogP contribution in [0, 0.1) is 6.92 Å². The Morgan fingerprint density at radius 1 is 1.35 bits per heavy atom. The number of imidazole rings is 1. The van der Waals surface area contributed by atoms with Crippen molar-refractivity contribution < 1.29 is 4.74 Å². The Morgan fingerprint density at radius 3 is 2.60 bits per heavy atom. The van der Waals surface area contributed by atoms with E-state index in [-0.39, 0.29) is 5.54 Å². The number of methoxy groups -OCH3 is 1. The van der Waals surface area contributed by atoms with E-state index in [9.17, 15) is 0 Å². The molecule has 0 fully saturated rings. The van der Waals surface area contributed by atoms with Crippen LogP contribution in [0.1, 0.15) is 32.3 Å². The molecule has 112 valence electrons. The third-order valence-electron chi connectivity index (χ3n) is 3.50. The molecule has 0 N–H and O–H groups in total. The molecule has 20 heavy (non-hydrogen) atoms. The summed E-state index contributed by atoms with van der Waals surface area (Å²) in [5.74, 6) is 1.56. The van der Waals surface area contributed by atoms with E-state index in [1.54, 1.807) is 7.11 Å². The molecule has 0 unspecified atom stereocenters. The SMILES string of the molecule is CCn1nc(C)c2nc(CCCl)n(C(C)(C)COC)c21. The fraction of sp³-hybridized carbons (Fsp3) is 0.714. The van der Waals surface area contributed by atoms with E-state index >= 15 is 0 Å². The summed E-state index contributed by atoms with van der Waals surface area (Å²) in [4.78, 5) is 4.76. The molecule has 0 amide bonds. The molecule has 0 radical (unpaired) electrons. The van der Waals surface area contributed by atoms with Crippen molar-refractivity contribution in [2.45, 2.75) is 46.2 Å². The molecule has 0 bridgehead atoms. The number of nitrogens with zero attached hydrogens (tertiary/aromatic N) is 4. The van der Waals surface area contributed by atoms with Gasteiger partial charge in [-0.15, -0.1) is 11.6 Å². The normalized spacial score (nSPS) is 12.5. The van der Waals surface area contributed by atoms with Gasteiger partial charge in [-0.1, -0.05) is 0 Å². The van der Waals surface area contributed by atoms with Crippen molar-refractivity contribution in [3.05, 3.63) is 11.5 Å². The second-order valence-corrected chi connectivity index (χ2v) is 6.00. The highest BCUT2D eigenvalue weighted by molar-refractivity contribution is 6.17. The molecule has 2 rings (SSSR count). The third-order valence-corrected chi connectivity index (χ3v) is 3.69. The average Bonchev–Trinajstić information content (AvgIpc) is 2.88. The molecule has 0 saturated heterocycles. The zero-order valence-corrected chi connectivity index (χ0v) is 13.7. The first kappa shape index (κ1) is 15.3. The summed E-state index contributed by atoms with van der Waals surface area (Å²) in [5, 5.41) is 4.56.